The van der Waals surface area contributed by atoms with Crippen LogP contribution in [-0.4, -0.2) is 17.9 Å². The predicted molar refractivity (Wildman–Crippen MR) is 127 cm³/mol. The molecule has 164 valence electrons. The standard InChI is InChI=1S/C26H35BrO3/c27-20-12-7-5-3-1-2-4-6-8-13-21-29-25-18-16-24(17-19-25)26(28)30-22-23-14-10-9-11-15-23/h9-11,14-19H,1-8,12-13,20-22H2. The maximum absolute atomic E-state index is 12.1. The molecule has 2 aromatic carbocycles. The van der Waals surface area contributed by atoms with Crippen molar-refractivity contribution in [3.63, 3.8) is 0 Å². The first kappa shape index (κ1) is 24.5. The minimum absolute atomic E-state index is 0.287. The summed E-state index contributed by atoms with van der Waals surface area (Å²) in [5, 5.41) is 1.14. The van der Waals surface area contributed by atoms with Crippen LogP contribution in [0.4, 0.5) is 0 Å². The zero-order valence-electron chi connectivity index (χ0n) is 18.0. The molecule has 0 aliphatic heterocycles. The summed E-state index contributed by atoms with van der Waals surface area (Å²) in [6, 6.07) is 16.9. The fourth-order valence-corrected chi connectivity index (χ4v) is 3.69. The number of benzene rings is 2. The molecule has 0 fully saturated rings. The van der Waals surface area contributed by atoms with Crippen LogP contribution in [0, 0.1) is 0 Å². The number of unbranched alkanes of at least 4 members (excludes halogenated alkanes) is 9. The lowest BCUT2D eigenvalue weighted by Crippen LogP contribution is -2.05. The largest absolute Gasteiger partial charge is 0.494 e. The molecule has 0 heterocycles. The molecule has 0 radical (unpaired) electrons. The van der Waals surface area contributed by atoms with E-state index in [0.717, 1.165) is 29.7 Å². The Morgan fingerprint density at radius 2 is 1.27 bits per heavy atom. The molecule has 0 unspecified atom stereocenters. The molecule has 30 heavy (non-hydrogen) atoms. The molecular formula is C26H35BrO3. The van der Waals surface area contributed by atoms with Gasteiger partial charge in [-0.15, -0.1) is 0 Å². The van der Waals surface area contributed by atoms with E-state index < -0.39 is 0 Å². The monoisotopic (exact) mass is 474 g/mol. The molecule has 0 aliphatic carbocycles. The number of alkyl halides is 1. The van der Waals surface area contributed by atoms with Crippen LogP contribution >= 0.6 is 15.9 Å². The van der Waals surface area contributed by atoms with Crippen LogP contribution in [0.3, 0.4) is 0 Å². The summed E-state index contributed by atoms with van der Waals surface area (Å²) < 4.78 is 11.1. The van der Waals surface area contributed by atoms with E-state index in [9.17, 15) is 4.79 Å². The molecular weight excluding hydrogens is 440 g/mol. The van der Waals surface area contributed by atoms with E-state index in [1.54, 1.807) is 12.1 Å². The zero-order valence-corrected chi connectivity index (χ0v) is 19.6. The molecule has 0 atom stereocenters. The first-order valence-electron chi connectivity index (χ1n) is 11.3. The third-order valence-electron chi connectivity index (χ3n) is 5.10. The number of hydrogen-bond acceptors (Lipinski definition) is 3. The van der Waals surface area contributed by atoms with Gasteiger partial charge in [-0.25, -0.2) is 4.79 Å². The summed E-state index contributed by atoms with van der Waals surface area (Å²) in [5.41, 5.74) is 1.53. The number of ether oxygens (including phenoxy) is 2. The molecule has 0 N–H and O–H groups in total. The molecule has 2 rings (SSSR count). The Bertz CT molecular complexity index is 685. The Labute approximate surface area is 190 Å². The number of esters is 1. The minimum atomic E-state index is -0.312. The summed E-state index contributed by atoms with van der Waals surface area (Å²) in [5.74, 6) is 0.492. The van der Waals surface area contributed by atoms with Crippen molar-refractivity contribution in [1.29, 1.82) is 0 Å². The van der Waals surface area contributed by atoms with Gasteiger partial charge in [0.15, 0.2) is 0 Å². The summed E-state index contributed by atoms with van der Waals surface area (Å²) in [7, 11) is 0. The van der Waals surface area contributed by atoms with Gasteiger partial charge in [0.25, 0.3) is 0 Å². The number of halogens is 1. The van der Waals surface area contributed by atoms with Crippen LogP contribution in [0.25, 0.3) is 0 Å². The van der Waals surface area contributed by atoms with E-state index in [1.165, 1.54) is 57.8 Å². The molecule has 2 aromatic rings. The van der Waals surface area contributed by atoms with Crippen molar-refractivity contribution in [2.75, 3.05) is 11.9 Å². The van der Waals surface area contributed by atoms with Crippen molar-refractivity contribution < 1.29 is 14.3 Å². The van der Waals surface area contributed by atoms with Crippen LogP contribution < -0.4 is 4.74 Å². The Morgan fingerprint density at radius 1 is 0.700 bits per heavy atom. The molecule has 0 amide bonds. The van der Waals surface area contributed by atoms with Crippen molar-refractivity contribution in [1.82, 2.24) is 0 Å². The van der Waals surface area contributed by atoms with E-state index in [1.807, 2.05) is 42.5 Å². The average Bonchev–Trinajstić information content (AvgIpc) is 2.79. The second-order valence-corrected chi connectivity index (χ2v) is 8.45. The topological polar surface area (TPSA) is 35.5 Å². The first-order chi connectivity index (χ1) is 14.8. The molecule has 4 heteroatoms. The van der Waals surface area contributed by atoms with Gasteiger partial charge < -0.3 is 9.47 Å². The van der Waals surface area contributed by atoms with Gasteiger partial charge in [0.1, 0.15) is 12.4 Å². The van der Waals surface area contributed by atoms with Gasteiger partial charge in [-0.2, -0.15) is 0 Å². The maximum Gasteiger partial charge on any atom is 0.338 e. The van der Waals surface area contributed by atoms with E-state index in [0.29, 0.717) is 5.56 Å². The van der Waals surface area contributed by atoms with Gasteiger partial charge in [-0.3, -0.25) is 0 Å². The number of rotatable bonds is 16. The van der Waals surface area contributed by atoms with Crippen molar-refractivity contribution in [2.45, 2.75) is 70.8 Å². The maximum atomic E-state index is 12.1. The summed E-state index contributed by atoms with van der Waals surface area (Å²) in [6.45, 7) is 1.01. The molecule has 3 nitrogen and oxygen atoms in total. The summed E-state index contributed by atoms with van der Waals surface area (Å²) in [4.78, 5) is 12.1. The van der Waals surface area contributed by atoms with Gasteiger partial charge in [-0.05, 0) is 42.7 Å². The Kier molecular flexibility index (Phi) is 13.0. The second-order valence-electron chi connectivity index (χ2n) is 7.66. The van der Waals surface area contributed by atoms with E-state index in [4.69, 9.17) is 9.47 Å². The third-order valence-corrected chi connectivity index (χ3v) is 5.66. The van der Waals surface area contributed by atoms with E-state index >= 15 is 0 Å². The number of carbonyl (C=O) groups is 1. The summed E-state index contributed by atoms with van der Waals surface area (Å²) >= 11 is 3.48. The molecule has 0 aliphatic rings. The lowest BCUT2D eigenvalue weighted by atomic mass is 10.1. The van der Waals surface area contributed by atoms with Crippen LogP contribution in [0.15, 0.2) is 54.6 Å². The predicted octanol–water partition coefficient (Wildman–Crippen LogP) is 7.72. The van der Waals surface area contributed by atoms with Crippen LogP contribution in [-0.2, 0) is 11.3 Å². The van der Waals surface area contributed by atoms with Crippen LogP contribution in [0.1, 0.15) is 80.1 Å². The average molecular weight is 475 g/mol. The van der Waals surface area contributed by atoms with Crippen LogP contribution in [0.2, 0.25) is 0 Å². The quantitative estimate of drug-likeness (QED) is 0.142. The van der Waals surface area contributed by atoms with Crippen molar-refractivity contribution in [3.8, 4) is 5.75 Å². The highest BCUT2D eigenvalue weighted by Gasteiger charge is 2.07. The SMILES string of the molecule is O=C(OCc1ccccc1)c1ccc(OCCCCCCCCCCCCBr)cc1. The number of hydrogen-bond donors (Lipinski definition) is 0. The second kappa shape index (κ2) is 16.0. The van der Waals surface area contributed by atoms with Gasteiger partial charge in [0.05, 0.1) is 12.2 Å². The van der Waals surface area contributed by atoms with Crippen molar-refractivity contribution in [2.24, 2.45) is 0 Å². The molecule has 0 saturated heterocycles. The fraction of sp³-hybridized carbons (Fsp3) is 0.500. The van der Waals surface area contributed by atoms with Crippen LogP contribution in [0.5, 0.6) is 5.75 Å². The third kappa shape index (κ3) is 10.8. The first-order valence-corrected chi connectivity index (χ1v) is 12.4. The Balaban J connectivity index is 1.50. The number of carbonyl (C=O) groups excluding carboxylic acids is 1. The van der Waals surface area contributed by atoms with Gasteiger partial charge in [0, 0.05) is 5.33 Å². The van der Waals surface area contributed by atoms with Gasteiger partial charge in [0.2, 0.25) is 0 Å². The summed E-state index contributed by atoms with van der Waals surface area (Å²) in [6.07, 6.45) is 13.1. The zero-order chi connectivity index (χ0) is 21.3. The lowest BCUT2D eigenvalue weighted by molar-refractivity contribution is 0.0472. The minimum Gasteiger partial charge on any atom is -0.494 e. The fourth-order valence-electron chi connectivity index (χ4n) is 3.29. The molecule has 0 bridgehead atoms. The Hall–Kier alpha value is -1.81. The van der Waals surface area contributed by atoms with Gasteiger partial charge in [-0.1, -0.05) is 97.6 Å². The van der Waals surface area contributed by atoms with Crippen molar-refractivity contribution >= 4 is 21.9 Å². The molecule has 0 aromatic heterocycles. The van der Waals surface area contributed by atoms with Crippen molar-refractivity contribution in [3.05, 3.63) is 65.7 Å². The normalized spacial score (nSPS) is 10.7. The highest BCUT2D eigenvalue weighted by molar-refractivity contribution is 9.09. The van der Waals surface area contributed by atoms with E-state index in [2.05, 4.69) is 15.9 Å². The highest BCUT2D eigenvalue weighted by atomic mass is 79.9. The lowest BCUT2D eigenvalue weighted by Gasteiger charge is -2.08. The smallest absolute Gasteiger partial charge is 0.338 e. The van der Waals surface area contributed by atoms with Gasteiger partial charge >= 0.3 is 5.97 Å². The van der Waals surface area contributed by atoms with E-state index in [-0.39, 0.29) is 12.6 Å². The Morgan fingerprint density at radius 3 is 1.87 bits per heavy atom. The highest BCUT2D eigenvalue weighted by Crippen LogP contribution is 2.15. The molecule has 0 spiro atoms. The molecule has 0 saturated carbocycles.